The Labute approximate surface area is 198 Å². The largest absolute Gasteiger partial charge is 0.495 e. The first kappa shape index (κ1) is 25.1. The molecule has 0 N–H and O–H groups in total. The summed E-state index contributed by atoms with van der Waals surface area (Å²) in [6.07, 6.45) is 3.75. The van der Waals surface area contributed by atoms with E-state index in [0.717, 1.165) is 36.9 Å². The Morgan fingerprint density at radius 3 is 2.18 bits per heavy atom. The molecule has 2 aromatic carbocycles. The van der Waals surface area contributed by atoms with Crippen molar-refractivity contribution >= 4 is 21.6 Å². The minimum atomic E-state index is -3.76. The summed E-state index contributed by atoms with van der Waals surface area (Å²) in [6, 6.07) is 12.8. The maximum Gasteiger partial charge on any atom is 0.254 e. The third-order valence-electron chi connectivity index (χ3n) is 6.09. The Bertz CT molecular complexity index is 1040. The van der Waals surface area contributed by atoms with Crippen LogP contribution in [-0.2, 0) is 16.6 Å². The number of methoxy groups -OCH3 is 1. The van der Waals surface area contributed by atoms with Crippen molar-refractivity contribution in [3.63, 3.8) is 0 Å². The van der Waals surface area contributed by atoms with E-state index >= 15 is 0 Å². The van der Waals surface area contributed by atoms with Gasteiger partial charge in [0.25, 0.3) is 5.91 Å². The van der Waals surface area contributed by atoms with Crippen LogP contribution >= 0.6 is 0 Å². The van der Waals surface area contributed by atoms with E-state index in [-0.39, 0.29) is 16.6 Å². The maximum atomic E-state index is 13.4. The van der Waals surface area contributed by atoms with E-state index < -0.39 is 10.0 Å². The molecule has 0 atom stereocenters. The fourth-order valence-electron chi connectivity index (χ4n) is 4.06. The molecule has 180 valence electrons. The smallest absolute Gasteiger partial charge is 0.254 e. The first-order valence-electron chi connectivity index (χ1n) is 11.5. The van der Waals surface area contributed by atoms with Crippen molar-refractivity contribution in [3.8, 4) is 5.75 Å². The molecule has 2 aromatic rings. The van der Waals surface area contributed by atoms with Gasteiger partial charge in [-0.1, -0.05) is 25.0 Å². The van der Waals surface area contributed by atoms with Crippen molar-refractivity contribution in [2.75, 3.05) is 45.7 Å². The number of anilines is 1. The van der Waals surface area contributed by atoms with Crippen LogP contribution in [0.2, 0.25) is 0 Å². The molecule has 1 aliphatic rings. The number of rotatable bonds is 8. The van der Waals surface area contributed by atoms with Gasteiger partial charge in [-0.3, -0.25) is 4.79 Å². The zero-order valence-electron chi connectivity index (χ0n) is 20.1. The zero-order chi connectivity index (χ0) is 24.0. The average Bonchev–Trinajstić information content (AvgIpc) is 3.12. The first-order chi connectivity index (χ1) is 15.8. The van der Waals surface area contributed by atoms with Crippen LogP contribution in [0.1, 0.15) is 48.5 Å². The molecule has 3 rings (SSSR count). The number of carbonyl (C=O) groups excluding carboxylic acids is 1. The van der Waals surface area contributed by atoms with Crippen molar-refractivity contribution in [1.29, 1.82) is 0 Å². The highest BCUT2D eigenvalue weighted by molar-refractivity contribution is 7.89. The van der Waals surface area contributed by atoms with Gasteiger partial charge in [-0.05, 0) is 55.7 Å². The number of carbonyl (C=O) groups is 1. The molecule has 8 heteroatoms. The van der Waals surface area contributed by atoms with Crippen LogP contribution in [0.25, 0.3) is 0 Å². The summed E-state index contributed by atoms with van der Waals surface area (Å²) in [5.74, 6) is 0.0577. The fraction of sp³-hybridized carbons (Fsp3) is 0.480. The van der Waals surface area contributed by atoms with Gasteiger partial charge in [0.15, 0.2) is 0 Å². The molecule has 0 radical (unpaired) electrons. The van der Waals surface area contributed by atoms with Crippen LogP contribution in [0.15, 0.2) is 47.4 Å². The molecule has 1 saturated heterocycles. The van der Waals surface area contributed by atoms with Crippen LogP contribution in [0, 0.1) is 0 Å². The van der Waals surface area contributed by atoms with E-state index in [1.165, 1.54) is 17.5 Å². The predicted molar refractivity (Wildman–Crippen MR) is 131 cm³/mol. The summed E-state index contributed by atoms with van der Waals surface area (Å²) in [6.45, 7) is 3.86. The zero-order valence-corrected chi connectivity index (χ0v) is 20.9. The van der Waals surface area contributed by atoms with Crippen molar-refractivity contribution in [1.82, 2.24) is 9.21 Å². The van der Waals surface area contributed by atoms with Gasteiger partial charge in [0.1, 0.15) is 10.6 Å². The number of amides is 1. The quantitative estimate of drug-likeness (QED) is 0.580. The van der Waals surface area contributed by atoms with Crippen LogP contribution < -0.4 is 9.64 Å². The van der Waals surface area contributed by atoms with Gasteiger partial charge in [0, 0.05) is 51.5 Å². The molecule has 0 spiro atoms. The Kier molecular flexibility index (Phi) is 8.37. The second-order valence-electron chi connectivity index (χ2n) is 8.56. The molecular formula is C25H35N3O4S. The predicted octanol–water partition coefficient (Wildman–Crippen LogP) is 3.99. The maximum absolute atomic E-state index is 13.4. The third-order valence-corrected chi connectivity index (χ3v) is 8.01. The van der Waals surface area contributed by atoms with E-state index in [1.807, 2.05) is 50.2 Å². The molecule has 1 aliphatic heterocycles. The monoisotopic (exact) mass is 473 g/mol. The lowest BCUT2D eigenvalue weighted by molar-refractivity contribution is 0.0752. The normalized spacial score (nSPS) is 15.0. The van der Waals surface area contributed by atoms with Gasteiger partial charge in [-0.25, -0.2) is 8.42 Å². The number of hydrogen-bond acceptors (Lipinski definition) is 5. The second kappa shape index (κ2) is 11.0. The number of ether oxygens (including phenoxy) is 1. The number of hydrogen-bond donors (Lipinski definition) is 0. The number of benzene rings is 2. The van der Waals surface area contributed by atoms with Gasteiger partial charge >= 0.3 is 0 Å². The van der Waals surface area contributed by atoms with Crippen molar-refractivity contribution in [2.24, 2.45) is 0 Å². The van der Waals surface area contributed by atoms with Crippen LogP contribution in [0.3, 0.4) is 0 Å². The number of sulfonamides is 1. The molecule has 1 heterocycles. The number of nitrogens with zero attached hydrogens (tertiary/aromatic N) is 3. The molecule has 0 bridgehead atoms. The Hall–Kier alpha value is -2.58. The highest BCUT2D eigenvalue weighted by atomic mass is 32.2. The summed E-state index contributed by atoms with van der Waals surface area (Å²) in [5, 5.41) is 0. The van der Waals surface area contributed by atoms with Gasteiger partial charge in [0.2, 0.25) is 10.0 Å². The lowest BCUT2D eigenvalue weighted by Gasteiger charge is -2.24. The first-order valence-corrected chi connectivity index (χ1v) is 13.0. The lowest BCUT2D eigenvalue weighted by Crippen LogP contribution is -2.33. The van der Waals surface area contributed by atoms with Crippen molar-refractivity contribution in [3.05, 3.63) is 53.6 Å². The second-order valence-corrected chi connectivity index (χ2v) is 10.5. The SMILES string of the molecule is CCN(Cc1ccc(N(C)C)cc1)C(=O)c1ccc(OC)c(S(=O)(=O)N2CCCCCC2)c1. The third kappa shape index (κ3) is 5.86. The molecule has 1 amide bonds. The fourth-order valence-corrected chi connectivity index (χ4v) is 5.76. The molecule has 0 unspecified atom stereocenters. The molecule has 33 heavy (non-hydrogen) atoms. The van der Waals surface area contributed by atoms with Crippen LogP contribution in [0.4, 0.5) is 5.69 Å². The van der Waals surface area contributed by atoms with Gasteiger partial charge < -0.3 is 14.5 Å². The molecule has 0 aromatic heterocycles. The minimum absolute atomic E-state index is 0.0594. The molecule has 0 saturated carbocycles. The average molecular weight is 474 g/mol. The van der Waals surface area contributed by atoms with E-state index in [0.29, 0.717) is 31.7 Å². The lowest BCUT2D eigenvalue weighted by atomic mass is 10.1. The summed E-state index contributed by atoms with van der Waals surface area (Å²) >= 11 is 0. The Balaban J connectivity index is 1.87. The molecule has 7 nitrogen and oxygen atoms in total. The van der Waals surface area contributed by atoms with Crippen molar-refractivity contribution < 1.29 is 17.9 Å². The van der Waals surface area contributed by atoms with E-state index in [2.05, 4.69) is 0 Å². The molecule has 1 fully saturated rings. The summed E-state index contributed by atoms with van der Waals surface area (Å²) < 4.78 is 33.7. The highest BCUT2D eigenvalue weighted by Crippen LogP contribution is 2.30. The summed E-state index contributed by atoms with van der Waals surface area (Å²) in [5.41, 5.74) is 2.45. The highest BCUT2D eigenvalue weighted by Gasteiger charge is 2.29. The van der Waals surface area contributed by atoms with Gasteiger partial charge in [0.05, 0.1) is 7.11 Å². The summed E-state index contributed by atoms with van der Waals surface area (Å²) in [4.78, 5) is 17.1. The van der Waals surface area contributed by atoms with E-state index in [4.69, 9.17) is 4.74 Å². The standard InChI is InChI=1S/C25H35N3O4S/c1-5-27(19-20-10-13-22(14-11-20)26(2)3)25(29)21-12-15-23(32-4)24(18-21)33(30,31)28-16-8-6-7-9-17-28/h10-15,18H,5-9,16-17,19H2,1-4H3. The Morgan fingerprint density at radius 2 is 1.64 bits per heavy atom. The topological polar surface area (TPSA) is 70.2 Å². The summed E-state index contributed by atoms with van der Waals surface area (Å²) in [7, 11) is 1.66. The Morgan fingerprint density at radius 1 is 1.00 bits per heavy atom. The van der Waals surface area contributed by atoms with Gasteiger partial charge in [-0.15, -0.1) is 0 Å². The van der Waals surface area contributed by atoms with Crippen LogP contribution in [-0.4, -0.2) is 64.4 Å². The van der Waals surface area contributed by atoms with E-state index in [9.17, 15) is 13.2 Å². The molecule has 0 aliphatic carbocycles. The minimum Gasteiger partial charge on any atom is -0.495 e. The van der Waals surface area contributed by atoms with E-state index in [1.54, 1.807) is 17.0 Å². The van der Waals surface area contributed by atoms with Crippen LogP contribution in [0.5, 0.6) is 5.75 Å². The molecular weight excluding hydrogens is 438 g/mol. The van der Waals surface area contributed by atoms with Crippen molar-refractivity contribution in [2.45, 2.75) is 44.0 Å². The van der Waals surface area contributed by atoms with Gasteiger partial charge in [-0.2, -0.15) is 4.31 Å².